The Morgan fingerprint density at radius 3 is 2.80 bits per heavy atom. The van der Waals surface area contributed by atoms with Gasteiger partial charge in [-0.2, -0.15) is 0 Å². The smallest absolute Gasteiger partial charge is 0.260 e. The Morgan fingerprint density at radius 1 is 1.07 bits per heavy atom. The van der Waals surface area contributed by atoms with Crippen LogP contribution in [0.3, 0.4) is 0 Å². The third kappa shape index (κ3) is 3.08. The van der Waals surface area contributed by atoms with E-state index < -0.39 is 0 Å². The molecule has 0 spiro atoms. The first-order valence-corrected chi connectivity index (χ1v) is 9.92. The number of methoxy groups -OCH3 is 1. The Morgan fingerprint density at radius 2 is 1.93 bits per heavy atom. The number of anilines is 2. The van der Waals surface area contributed by atoms with Gasteiger partial charge in [-0.25, -0.2) is 0 Å². The number of fused-ring (bicyclic) bond motifs is 2. The Kier molecular flexibility index (Phi) is 4.43. The molecule has 0 atom stereocenters. The lowest BCUT2D eigenvalue weighted by molar-refractivity contribution is -0.110. The zero-order valence-corrected chi connectivity index (χ0v) is 16.9. The van der Waals surface area contributed by atoms with Gasteiger partial charge in [-0.3, -0.25) is 4.79 Å². The molecule has 2 aliphatic rings. The number of nitrogens with one attached hydrogen (secondary N) is 2. The van der Waals surface area contributed by atoms with Crippen LogP contribution in [-0.4, -0.2) is 13.0 Å². The van der Waals surface area contributed by atoms with Crippen molar-refractivity contribution in [2.75, 3.05) is 17.7 Å². The maximum atomic E-state index is 12.6. The number of para-hydroxylation sites is 1. The molecule has 5 rings (SSSR count). The number of rotatable bonds is 4. The lowest BCUT2D eigenvalue weighted by Crippen LogP contribution is -2.06. The van der Waals surface area contributed by atoms with Crippen molar-refractivity contribution in [3.8, 4) is 5.75 Å². The highest BCUT2D eigenvalue weighted by Crippen LogP contribution is 2.42. The molecule has 0 radical (unpaired) electrons. The summed E-state index contributed by atoms with van der Waals surface area (Å²) in [7, 11) is 1.69. The van der Waals surface area contributed by atoms with Crippen molar-refractivity contribution in [1.29, 1.82) is 0 Å². The quantitative estimate of drug-likeness (QED) is 0.610. The molecule has 0 saturated heterocycles. The van der Waals surface area contributed by atoms with E-state index >= 15 is 0 Å². The Hall–Kier alpha value is -3.73. The van der Waals surface area contributed by atoms with E-state index in [9.17, 15) is 4.79 Å². The largest absolute Gasteiger partial charge is 0.496 e. The van der Waals surface area contributed by atoms with Crippen molar-refractivity contribution in [3.63, 3.8) is 0 Å². The van der Waals surface area contributed by atoms with Gasteiger partial charge in [-0.15, -0.1) is 0 Å². The summed E-state index contributed by atoms with van der Waals surface area (Å²) in [6.07, 6.45) is 0. The van der Waals surface area contributed by atoms with Crippen LogP contribution in [0.1, 0.15) is 27.8 Å². The summed E-state index contributed by atoms with van der Waals surface area (Å²) in [5, 5.41) is 6.39. The standard InChI is InChI=1S/C25H22N2O3/c1-15-7-8-16(22(11-15)29-2)13-26-18-10-9-17-14-30-24(20(17)12-18)23-19-5-3-4-6-21(19)27-25(23)28/h3-12,26H,13-14H2,1-2H3,(H,27,28)/b24-23+. The predicted octanol–water partition coefficient (Wildman–Crippen LogP) is 4.97. The summed E-state index contributed by atoms with van der Waals surface area (Å²) in [5.74, 6) is 1.39. The molecular weight excluding hydrogens is 376 g/mol. The molecule has 2 heterocycles. The molecule has 3 aromatic carbocycles. The third-order valence-electron chi connectivity index (χ3n) is 5.55. The van der Waals surface area contributed by atoms with Crippen LogP contribution in [0.4, 0.5) is 11.4 Å². The minimum Gasteiger partial charge on any atom is -0.496 e. The summed E-state index contributed by atoms with van der Waals surface area (Å²) >= 11 is 0. The molecule has 0 aromatic heterocycles. The van der Waals surface area contributed by atoms with Gasteiger partial charge in [0.05, 0.1) is 12.7 Å². The number of carbonyl (C=O) groups excluding carboxylic acids is 1. The van der Waals surface area contributed by atoms with Crippen LogP contribution in [0.25, 0.3) is 11.3 Å². The summed E-state index contributed by atoms with van der Waals surface area (Å²) in [6, 6.07) is 20.0. The number of benzene rings is 3. The molecule has 2 N–H and O–H groups in total. The van der Waals surface area contributed by atoms with Crippen LogP contribution in [-0.2, 0) is 22.7 Å². The molecule has 3 aromatic rings. The molecule has 150 valence electrons. The van der Waals surface area contributed by atoms with Gasteiger partial charge in [0, 0.05) is 40.2 Å². The van der Waals surface area contributed by atoms with Gasteiger partial charge in [0.15, 0.2) is 0 Å². The van der Waals surface area contributed by atoms with E-state index in [1.54, 1.807) is 7.11 Å². The van der Waals surface area contributed by atoms with Gasteiger partial charge < -0.3 is 20.1 Å². The van der Waals surface area contributed by atoms with Gasteiger partial charge in [0.2, 0.25) is 0 Å². The fourth-order valence-electron chi connectivity index (χ4n) is 4.00. The zero-order valence-electron chi connectivity index (χ0n) is 16.9. The monoisotopic (exact) mass is 398 g/mol. The van der Waals surface area contributed by atoms with Gasteiger partial charge in [0.1, 0.15) is 18.1 Å². The van der Waals surface area contributed by atoms with E-state index in [0.717, 1.165) is 44.9 Å². The van der Waals surface area contributed by atoms with Crippen LogP contribution in [0, 0.1) is 6.92 Å². The molecule has 0 fully saturated rings. The van der Waals surface area contributed by atoms with Crippen molar-refractivity contribution >= 4 is 28.6 Å². The number of hydrogen-bond donors (Lipinski definition) is 2. The number of amides is 1. The highest BCUT2D eigenvalue weighted by Gasteiger charge is 2.32. The van der Waals surface area contributed by atoms with Crippen LogP contribution in [0.15, 0.2) is 60.7 Å². The molecule has 0 aliphatic carbocycles. The van der Waals surface area contributed by atoms with E-state index in [-0.39, 0.29) is 5.91 Å². The fourth-order valence-corrected chi connectivity index (χ4v) is 4.00. The first-order valence-electron chi connectivity index (χ1n) is 9.92. The van der Waals surface area contributed by atoms with E-state index in [1.807, 2.05) is 43.3 Å². The van der Waals surface area contributed by atoms with E-state index in [1.165, 1.54) is 0 Å². The topological polar surface area (TPSA) is 59.6 Å². The molecule has 5 heteroatoms. The highest BCUT2D eigenvalue weighted by molar-refractivity contribution is 6.36. The summed E-state index contributed by atoms with van der Waals surface area (Å²) in [4.78, 5) is 12.6. The number of ether oxygens (including phenoxy) is 2. The lowest BCUT2D eigenvalue weighted by atomic mass is 10.00. The Labute approximate surface area is 175 Å². The predicted molar refractivity (Wildman–Crippen MR) is 118 cm³/mol. The Bertz CT molecular complexity index is 1200. The van der Waals surface area contributed by atoms with E-state index in [0.29, 0.717) is 24.5 Å². The molecule has 5 nitrogen and oxygen atoms in total. The van der Waals surface area contributed by atoms with Gasteiger partial charge in [-0.1, -0.05) is 36.4 Å². The second-order valence-corrected chi connectivity index (χ2v) is 7.53. The molecule has 30 heavy (non-hydrogen) atoms. The zero-order chi connectivity index (χ0) is 20.7. The summed E-state index contributed by atoms with van der Waals surface area (Å²) in [6.45, 7) is 3.15. The van der Waals surface area contributed by atoms with Gasteiger partial charge in [-0.05, 0) is 36.8 Å². The average Bonchev–Trinajstić information content (AvgIpc) is 3.31. The fraction of sp³-hybridized carbons (Fsp3) is 0.160. The molecule has 2 aliphatic heterocycles. The molecule has 1 amide bonds. The van der Waals surface area contributed by atoms with Crippen molar-refractivity contribution < 1.29 is 14.3 Å². The van der Waals surface area contributed by atoms with E-state index in [2.05, 4.69) is 34.9 Å². The SMILES string of the molecule is COc1cc(C)ccc1CNc1ccc2c(c1)/C(=C1\C(=O)Nc3ccccc31)OC2. The normalized spacial score (nSPS) is 16.5. The molecule has 0 unspecified atom stereocenters. The molecule has 0 saturated carbocycles. The van der Waals surface area contributed by atoms with Crippen molar-refractivity contribution in [3.05, 3.63) is 88.5 Å². The minimum absolute atomic E-state index is 0.123. The molecule has 0 bridgehead atoms. The second kappa shape index (κ2) is 7.26. The van der Waals surface area contributed by atoms with Crippen molar-refractivity contribution in [2.45, 2.75) is 20.1 Å². The second-order valence-electron chi connectivity index (χ2n) is 7.53. The maximum Gasteiger partial charge on any atom is 0.260 e. The van der Waals surface area contributed by atoms with Crippen molar-refractivity contribution in [1.82, 2.24) is 0 Å². The average molecular weight is 398 g/mol. The highest BCUT2D eigenvalue weighted by atomic mass is 16.5. The summed E-state index contributed by atoms with van der Waals surface area (Å²) < 4.78 is 11.5. The van der Waals surface area contributed by atoms with Gasteiger partial charge in [0.25, 0.3) is 5.91 Å². The van der Waals surface area contributed by atoms with Crippen LogP contribution in [0.2, 0.25) is 0 Å². The number of carbonyl (C=O) groups is 1. The Balaban J connectivity index is 1.47. The number of aryl methyl sites for hydroxylation is 1. The summed E-state index contributed by atoms with van der Waals surface area (Å²) in [5.41, 5.74) is 7.55. The number of hydrogen-bond acceptors (Lipinski definition) is 4. The minimum atomic E-state index is -0.123. The van der Waals surface area contributed by atoms with Crippen molar-refractivity contribution in [2.24, 2.45) is 0 Å². The molecular formula is C25H22N2O3. The van der Waals surface area contributed by atoms with Gasteiger partial charge >= 0.3 is 0 Å². The van der Waals surface area contributed by atoms with E-state index in [4.69, 9.17) is 9.47 Å². The lowest BCUT2D eigenvalue weighted by Gasteiger charge is -2.12. The van der Waals surface area contributed by atoms with Crippen LogP contribution < -0.4 is 15.4 Å². The van der Waals surface area contributed by atoms with Crippen LogP contribution in [0.5, 0.6) is 5.75 Å². The maximum absolute atomic E-state index is 12.6. The van der Waals surface area contributed by atoms with Crippen LogP contribution >= 0.6 is 0 Å². The first-order chi connectivity index (χ1) is 14.6. The third-order valence-corrected chi connectivity index (χ3v) is 5.55. The first kappa shape index (κ1) is 18.3.